The van der Waals surface area contributed by atoms with Crippen LogP contribution in [0.4, 0.5) is 0 Å². The topological polar surface area (TPSA) is 89.3 Å². The Bertz CT molecular complexity index is 566. The molecule has 1 aliphatic rings. The largest absolute Gasteiger partial charge is 0.481 e. The number of aryl methyl sites for hydroxylation is 1. The normalized spacial score (nSPS) is 19.4. The first-order valence-corrected chi connectivity index (χ1v) is 8.78. The number of nitrogens with zero attached hydrogens (tertiary/aromatic N) is 2. The van der Waals surface area contributed by atoms with Crippen molar-refractivity contribution in [3.63, 3.8) is 0 Å². The van der Waals surface area contributed by atoms with E-state index in [-0.39, 0.29) is 23.3 Å². The first-order valence-electron chi connectivity index (χ1n) is 5.98. The SMILES string of the molecule is Cc1cnc(SCC(=O)O)n1C1CCS(=O)(=O)CC1. The number of sulfone groups is 1. The van der Waals surface area contributed by atoms with Crippen LogP contribution < -0.4 is 0 Å². The number of thioether (sulfide) groups is 1. The molecule has 1 saturated heterocycles. The first kappa shape index (κ1) is 14.4. The maximum atomic E-state index is 11.4. The van der Waals surface area contributed by atoms with Crippen molar-refractivity contribution >= 4 is 27.6 Å². The van der Waals surface area contributed by atoms with Gasteiger partial charge < -0.3 is 9.67 Å². The van der Waals surface area contributed by atoms with Crippen LogP contribution in [0.25, 0.3) is 0 Å². The van der Waals surface area contributed by atoms with E-state index in [1.54, 1.807) is 6.20 Å². The lowest BCUT2D eigenvalue weighted by Gasteiger charge is -2.25. The molecule has 1 aromatic rings. The molecule has 19 heavy (non-hydrogen) atoms. The standard InChI is InChI=1S/C11H16N2O4S2/c1-8-6-12-11(18-7-10(14)15)13(8)9-2-4-19(16,17)5-3-9/h6,9H,2-5,7H2,1H3,(H,14,15). The van der Waals surface area contributed by atoms with E-state index in [4.69, 9.17) is 5.11 Å². The molecule has 0 aromatic carbocycles. The Kier molecular flexibility index (Phi) is 4.19. The van der Waals surface area contributed by atoms with Crippen LogP contribution in [-0.4, -0.2) is 46.3 Å². The highest BCUT2D eigenvalue weighted by Gasteiger charge is 2.27. The predicted molar refractivity (Wildman–Crippen MR) is 72.2 cm³/mol. The van der Waals surface area contributed by atoms with E-state index >= 15 is 0 Å². The lowest BCUT2D eigenvalue weighted by atomic mass is 10.1. The van der Waals surface area contributed by atoms with Gasteiger partial charge in [-0.3, -0.25) is 4.79 Å². The maximum Gasteiger partial charge on any atom is 0.313 e. The molecule has 2 heterocycles. The van der Waals surface area contributed by atoms with E-state index in [9.17, 15) is 13.2 Å². The van der Waals surface area contributed by atoms with Crippen LogP contribution in [0.5, 0.6) is 0 Å². The van der Waals surface area contributed by atoms with E-state index in [1.807, 2.05) is 11.5 Å². The van der Waals surface area contributed by atoms with Gasteiger partial charge in [-0.2, -0.15) is 0 Å². The summed E-state index contributed by atoms with van der Waals surface area (Å²) in [5.41, 5.74) is 0.942. The van der Waals surface area contributed by atoms with Crippen LogP contribution in [-0.2, 0) is 14.6 Å². The van der Waals surface area contributed by atoms with Crippen LogP contribution >= 0.6 is 11.8 Å². The van der Waals surface area contributed by atoms with Gasteiger partial charge in [0.2, 0.25) is 0 Å². The van der Waals surface area contributed by atoms with Crippen molar-refractivity contribution in [2.45, 2.75) is 31.0 Å². The van der Waals surface area contributed by atoms with Gasteiger partial charge in [-0.05, 0) is 19.8 Å². The molecule has 8 heteroatoms. The van der Waals surface area contributed by atoms with Gasteiger partial charge in [-0.1, -0.05) is 11.8 Å². The molecule has 0 amide bonds. The highest BCUT2D eigenvalue weighted by molar-refractivity contribution is 7.99. The summed E-state index contributed by atoms with van der Waals surface area (Å²) in [5.74, 6) is -0.540. The second kappa shape index (κ2) is 5.54. The first-order chi connectivity index (χ1) is 8.89. The monoisotopic (exact) mass is 304 g/mol. The third kappa shape index (κ3) is 3.50. The van der Waals surface area contributed by atoms with Crippen molar-refractivity contribution < 1.29 is 18.3 Å². The van der Waals surface area contributed by atoms with E-state index < -0.39 is 15.8 Å². The van der Waals surface area contributed by atoms with Gasteiger partial charge in [0.25, 0.3) is 0 Å². The average molecular weight is 304 g/mol. The number of carboxylic acids is 1. The summed E-state index contributed by atoms with van der Waals surface area (Å²) < 4.78 is 24.9. The molecule has 0 spiro atoms. The molecular formula is C11H16N2O4S2. The molecule has 2 rings (SSSR count). The lowest BCUT2D eigenvalue weighted by Crippen LogP contribution is -2.26. The molecule has 0 aliphatic carbocycles. The van der Waals surface area contributed by atoms with Crippen molar-refractivity contribution in [1.82, 2.24) is 9.55 Å². The van der Waals surface area contributed by atoms with Gasteiger partial charge in [0.05, 0.1) is 17.3 Å². The van der Waals surface area contributed by atoms with Crippen LogP contribution in [0.3, 0.4) is 0 Å². The maximum absolute atomic E-state index is 11.4. The second-order valence-electron chi connectivity index (χ2n) is 4.62. The van der Waals surface area contributed by atoms with Gasteiger partial charge in [0.15, 0.2) is 5.16 Å². The lowest BCUT2D eigenvalue weighted by molar-refractivity contribution is -0.133. The molecule has 0 radical (unpaired) electrons. The Hall–Kier alpha value is -1.02. The quantitative estimate of drug-likeness (QED) is 0.838. The summed E-state index contributed by atoms with van der Waals surface area (Å²) in [5, 5.41) is 9.37. The Labute approximate surface area is 116 Å². The number of hydrogen-bond acceptors (Lipinski definition) is 5. The molecule has 0 unspecified atom stereocenters. The minimum absolute atomic E-state index is 0.0402. The van der Waals surface area contributed by atoms with Crippen molar-refractivity contribution in [3.8, 4) is 0 Å². The number of aromatic nitrogens is 2. The molecular weight excluding hydrogens is 288 g/mol. The molecule has 0 bridgehead atoms. The number of rotatable bonds is 4. The highest BCUT2D eigenvalue weighted by atomic mass is 32.2. The Balaban J connectivity index is 2.15. The Morgan fingerprint density at radius 3 is 2.74 bits per heavy atom. The molecule has 1 aromatic heterocycles. The Morgan fingerprint density at radius 2 is 2.16 bits per heavy atom. The van der Waals surface area contributed by atoms with Crippen molar-refractivity contribution in [2.24, 2.45) is 0 Å². The van der Waals surface area contributed by atoms with E-state index in [0.29, 0.717) is 18.0 Å². The van der Waals surface area contributed by atoms with Gasteiger partial charge >= 0.3 is 5.97 Å². The molecule has 1 N–H and O–H groups in total. The molecule has 6 nitrogen and oxygen atoms in total. The smallest absolute Gasteiger partial charge is 0.313 e. The van der Waals surface area contributed by atoms with Gasteiger partial charge in [0, 0.05) is 17.9 Å². The Morgan fingerprint density at radius 1 is 1.53 bits per heavy atom. The van der Waals surface area contributed by atoms with Gasteiger partial charge in [-0.25, -0.2) is 13.4 Å². The number of hydrogen-bond donors (Lipinski definition) is 1. The summed E-state index contributed by atoms with van der Waals surface area (Å²) in [6, 6.07) is 0.0994. The second-order valence-corrected chi connectivity index (χ2v) is 7.86. The van der Waals surface area contributed by atoms with Crippen molar-refractivity contribution in [2.75, 3.05) is 17.3 Å². The third-order valence-electron chi connectivity index (χ3n) is 3.16. The summed E-state index contributed by atoms with van der Waals surface area (Å²) in [6.07, 6.45) is 2.84. The fraction of sp³-hybridized carbons (Fsp3) is 0.636. The predicted octanol–water partition coefficient (Wildman–Crippen LogP) is 1.12. The zero-order chi connectivity index (χ0) is 14.0. The number of aliphatic carboxylic acids is 1. The van der Waals surface area contributed by atoms with Crippen molar-refractivity contribution in [3.05, 3.63) is 11.9 Å². The summed E-state index contributed by atoms with van der Waals surface area (Å²) in [7, 11) is -2.89. The minimum atomic E-state index is -2.89. The fourth-order valence-electron chi connectivity index (χ4n) is 2.24. The van der Waals surface area contributed by atoms with Gasteiger partial charge in [0.1, 0.15) is 9.84 Å². The molecule has 106 valence electrons. The number of carbonyl (C=O) groups is 1. The van der Waals surface area contributed by atoms with E-state index in [1.165, 1.54) is 11.8 Å². The zero-order valence-electron chi connectivity index (χ0n) is 10.6. The third-order valence-corrected chi connectivity index (χ3v) is 5.83. The highest BCUT2D eigenvalue weighted by Crippen LogP contribution is 2.30. The van der Waals surface area contributed by atoms with Crippen LogP contribution in [0.1, 0.15) is 24.6 Å². The number of imidazole rings is 1. The van der Waals surface area contributed by atoms with Gasteiger partial charge in [-0.15, -0.1) is 0 Å². The fourth-order valence-corrected chi connectivity index (χ4v) is 4.52. The summed E-state index contributed by atoms with van der Waals surface area (Å²) >= 11 is 1.17. The molecule has 0 saturated carbocycles. The summed E-state index contributed by atoms with van der Waals surface area (Å²) in [4.78, 5) is 14.8. The van der Waals surface area contributed by atoms with E-state index in [0.717, 1.165) is 5.69 Å². The minimum Gasteiger partial charge on any atom is -0.481 e. The average Bonchev–Trinajstić information content (AvgIpc) is 2.68. The van der Waals surface area contributed by atoms with Crippen LogP contribution in [0, 0.1) is 6.92 Å². The zero-order valence-corrected chi connectivity index (χ0v) is 12.2. The van der Waals surface area contributed by atoms with Crippen LogP contribution in [0.15, 0.2) is 11.4 Å². The molecule has 0 atom stereocenters. The van der Waals surface area contributed by atoms with E-state index in [2.05, 4.69) is 4.98 Å². The van der Waals surface area contributed by atoms with Crippen molar-refractivity contribution in [1.29, 1.82) is 0 Å². The van der Waals surface area contributed by atoms with Crippen LogP contribution in [0.2, 0.25) is 0 Å². The molecule has 1 aliphatic heterocycles. The number of carboxylic acid groups (broad SMARTS) is 1. The summed E-state index contributed by atoms with van der Waals surface area (Å²) in [6.45, 7) is 1.90. The molecule has 1 fully saturated rings.